The van der Waals surface area contributed by atoms with Gasteiger partial charge in [0.15, 0.2) is 0 Å². The number of urea groups is 1. The molecule has 0 bridgehead atoms. The van der Waals surface area contributed by atoms with Crippen LogP contribution in [0.3, 0.4) is 0 Å². The number of hydrogen-bond donors (Lipinski definition) is 0. The Morgan fingerprint density at radius 3 is 2.52 bits per heavy atom. The number of imide groups is 1. The topological polar surface area (TPSA) is 53.1 Å². The Kier molecular flexibility index (Phi) is 4.65. The summed E-state index contributed by atoms with van der Waals surface area (Å²) >= 11 is 0. The van der Waals surface area contributed by atoms with Crippen molar-refractivity contribution in [2.45, 2.75) is 64.1 Å². The Hall–Kier alpha value is -1.14. The fourth-order valence-corrected chi connectivity index (χ4v) is 4.11. The second-order valence-corrected chi connectivity index (χ2v) is 7.48. The Balaban J connectivity index is 1.54. The molecule has 23 heavy (non-hydrogen) atoms. The number of likely N-dealkylation sites (tertiary alicyclic amines) is 1. The van der Waals surface area contributed by atoms with Crippen molar-refractivity contribution in [3.63, 3.8) is 0 Å². The summed E-state index contributed by atoms with van der Waals surface area (Å²) in [6.07, 6.45) is 3.77. The van der Waals surface area contributed by atoms with E-state index >= 15 is 0 Å². The van der Waals surface area contributed by atoms with Gasteiger partial charge in [-0.15, -0.1) is 0 Å². The Bertz CT molecular complexity index is 474. The molecule has 0 aromatic heterocycles. The molecule has 0 aliphatic carbocycles. The van der Waals surface area contributed by atoms with Crippen LogP contribution in [0.1, 0.15) is 46.5 Å². The standard InChI is InChI=1S/C17H29N3O3/c1-13(2)23-12-11-18-9-5-14(6-10-18)20-15(21)17(3)7-4-8-19(17)16(20)22/h13-14H,4-12H2,1-3H3. The normalized spacial score (nSPS) is 29.9. The third-order valence-corrected chi connectivity index (χ3v) is 5.54. The van der Waals surface area contributed by atoms with E-state index in [4.69, 9.17) is 4.74 Å². The minimum atomic E-state index is -0.570. The lowest BCUT2D eigenvalue weighted by Crippen LogP contribution is -2.49. The summed E-state index contributed by atoms with van der Waals surface area (Å²) in [5.41, 5.74) is -0.570. The molecule has 1 unspecified atom stereocenters. The Labute approximate surface area is 138 Å². The van der Waals surface area contributed by atoms with Crippen LogP contribution in [0.25, 0.3) is 0 Å². The van der Waals surface area contributed by atoms with Crippen molar-refractivity contribution in [1.29, 1.82) is 0 Å². The minimum absolute atomic E-state index is 0.0293. The highest BCUT2D eigenvalue weighted by atomic mass is 16.5. The van der Waals surface area contributed by atoms with Crippen molar-refractivity contribution < 1.29 is 14.3 Å². The number of fused-ring (bicyclic) bond motifs is 1. The highest BCUT2D eigenvalue weighted by Gasteiger charge is 2.57. The highest BCUT2D eigenvalue weighted by molar-refractivity contribution is 6.07. The first-order valence-electron chi connectivity index (χ1n) is 8.92. The largest absolute Gasteiger partial charge is 0.377 e. The average Bonchev–Trinajstić information content (AvgIpc) is 2.98. The second-order valence-electron chi connectivity index (χ2n) is 7.48. The van der Waals surface area contributed by atoms with Gasteiger partial charge in [-0.3, -0.25) is 9.69 Å². The quantitative estimate of drug-likeness (QED) is 0.723. The SMILES string of the molecule is CC(C)OCCN1CCC(N2C(=O)N3CCCC3(C)C2=O)CC1. The van der Waals surface area contributed by atoms with Gasteiger partial charge in [0.05, 0.1) is 12.7 Å². The molecule has 3 rings (SSSR count). The van der Waals surface area contributed by atoms with E-state index in [0.29, 0.717) is 0 Å². The summed E-state index contributed by atoms with van der Waals surface area (Å²) in [7, 11) is 0. The van der Waals surface area contributed by atoms with E-state index in [1.54, 1.807) is 9.80 Å². The highest BCUT2D eigenvalue weighted by Crippen LogP contribution is 2.39. The molecule has 3 saturated heterocycles. The number of carbonyl (C=O) groups excluding carboxylic acids is 2. The monoisotopic (exact) mass is 323 g/mol. The third-order valence-electron chi connectivity index (χ3n) is 5.54. The molecule has 0 radical (unpaired) electrons. The van der Waals surface area contributed by atoms with Gasteiger partial charge in [-0.1, -0.05) is 0 Å². The number of hydrogen-bond acceptors (Lipinski definition) is 4. The van der Waals surface area contributed by atoms with Crippen LogP contribution in [0.15, 0.2) is 0 Å². The van der Waals surface area contributed by atoms with Crippen LogP contribution in [-0.4, -0.2) is 77.1 Å². The lowest BCUT2D eigenvalue weighted by atomic mass is 9.97. The molecule has 130 valence electrons. The molecular formula is C17H29N3O3. The molecule has 0 saturated carbocycles. The molecule has 0 N–H and O–H groups in total. The third kappa shape index (κ3) is 2.98. The van der Waals surface area contributed by atoms with E-state index in [2.05, 4.69) is 4.90 Å². The molecule has 3 aliphatic rings. The number of ether oxygens (including phenoxy) is 1. The summed E-state index contributed by atoms with van der Waals surface area (Å²) < 4.78 is 5.60. The zero-order chi connectivity index (χ0) is 16.6. The van der Waals surface area contributed by atoms with Gasteiger partial charge in [0.1, 0.15) is 5.54 Å². The summed E-state index contributed by atoms with van der Waals surface area (Å²) in [5, 5.41) is 0. The molecule has 3 fully saturated rings. The van der Waals surface area contributed by atoms with Crippen LogP contribution in [0.2, 0.25) is 0 Å². The van der Waals surface area contributed by atoms with Crippen molar-refractivity contribution >= 4 is 11.9 Å². The van der Waals surface area contributed by atoms with Gasteiger partial charge in [-0.25, -0.2) is 4.79 Å². The van der Waals surface area contributed by atoms with Crippen molar-refractivity contribution in [1.82, 2.24) is 14.7 Å². The minimum Gasteiger partial charge on any atom is -0.377 e. The first-order chi connectivity index (χ1) is 10.9. The molecule has 0 spiro atoms. The van der Waals surface area contributed by atoms with Crippen LogP contribution < -0.4 is 0 Å². The Morgan fingerprint density at radius 2 is 1.91 bits per heavy atom. The average molecular weight is 323 g/mol. The van der Waals surface area contributed by atoms with Gasteiger partial charge in [-0.2, -0.15) is 0 Å². The predicted octanol–water partition coefficient (Wildman–Crippen LogP) is 1.69. The van der Waals surface area contributed by atoms with Crippen LogP contribution in [-0.2, 0) is 9.53 Å². The number of rotatable bonds is 5. The van der Waals surface area contributed by atoms with Crippen molar-refractivity contribution in [3.05, 3.63) is 0 Å². The second kappa shape index (κ2) is 6.40. The van der Waals surface area contributed by atoms with E-state index < -0.39 is 5.54 Å². The summed E-state index contributed by atoms with van der Waals surface area (Å²) in [6, 6.07) is 0.0104. The molecule has 3 aliphatic heterocycles. The molecule has 6 heteroatoms. The van der Waals surface area contributed by atoms with Gasteiger partial charge in [-0.05, 0) is 46.5 Å². The lowest BCUT2D eigenvalue weighted by Gasteiger charge is -2.35. The van der Waals surface area contributed by atoms with E-state index in [9.17, 15) is 9.59 Å². The molecule has 0 aromatic carbocycles. The van der Waals surface area contributed by atoms with E-state index in [0.717, 1.165) is 58.5 Å². The van der Waals surface area contributed by atoms with E-state index in [1.165, 1.54) is 0 Å². The molecular weight excluding hydrogens is 294 g/mol. The number of amides is 3. The maximum Gasteiger partial charge on any atom is 0.327 e. The van der Waals surface area contributed by atoms with Gasteiger partial charge in [0.2, 0.25) is 0 Å². The summed E-state index contributed by atoms with van der Waals surface area (Å²) in [5.74, 6) is 0.0293. The van der Waals surface area contributed by atoms with Crippen LogP contribution in [0.4, 0.5) is 4.79 Å². The zero-order valence-corrected chi connectivity index (χ0v) is 14.6. The van der Waals surface area contributed by atoms with Gasteiger partial charge >= 0.3 is 6.03 Å². The summed E-state index contributed by atoms with van der Waals surface area (Å²) in [6.45, 7) is 10.3. The van der Waals surface area contributed by atoms with Crippen molar-refractivity contribution in [2.24, 2.45) is 0 Å². The lowest BCUT2D eigenvalue weighted by molar-refractivity contribution is -0.134. The molecule has 1 atom stereocenters. The zero-order valence-electron chi connectivity index (χ0n) is 14.6. The fraction of sp³-hybridized carbons (Fsp3) is 0.882. The molecule has 6 nitrogen and oxygen atoms in total. The predicted molar refractivity (Wildman–Crippen MR) is 87.1 cm³/mol. The first-order valence-corrected chi connectivity index (χ1v) is 8.92. The summed E-state index contributed by atoms with van der Waals surface area (Å²) in [4.78, 5) is 31.1. The van der Waals surface area contributed by atoms with E-state index in [1.807, 2.05) is 20.8 Å². The van der Waals surface area contributed by atoms with Gasteiger partial charge < -0.3 is 14.5 Å². The van der Waals surface area contributed by atoms with Crippen LogP contribution >= 0.6 is 0 Å². The molecule has 0 aromatic rings. The van der Waals surface area contributed by atoms with Gasteiger partial charge in [0.25, 0.3) is 5.91 Å². The Morgan fingerprint density at radius 1 is 1.22 bits per heavy atom. The van der Waals surface area contributed by atoms with Crippen LogP contribution in [0, 0.1) is 0 Å². The fourth-order valence-electron chi connectivity index (χ4n) is 4.11. The van der Waals surface area contributed by atoms with Gasteiger partial charge in [0, 0.05) is 32.2 Å². The maximum atomic E-state index is 12.8. The molecule has 3 amide bonds. The molecule has 3 heterocycles. The number of carbonyl (C=O) groups is 2. The first kappa shape index (κ1) is 16.7. The number of piperidine rings is 1. The smallest absolute Gasteiger partial charge is 0.327 e. The maximum absolute atomic E-state index is 12.8. The van der Waals surface area contributed by atoms with Crippen molar-refractivity contribution in [3.8, 4) is 0 Å². The van der Waals surface area contributed by atoms with E-state index in [-0.39, 0.29) is 24.1 Å². The van der Waals surface area contributed by atoms with Crippen LogP contribution in [0.5, 0.6) is 0 Å². The van der Waals surface area contributed by atoms with Crippen molar-refractivity contribution in [2.75, 3.05) is 32.8 Å². The number of nitrogens with zero attached hydrogens (tertiary/aromatic N) is 3.